The molecule has 1 aliphatic rings. The van der Waals surface area contributed by atoms with E-state index in [4.69, 9.17) is 0 Å². The van der Waals surface area contributed by atoms with Crippen LogP contribution in [0.15, 0.2) is 18.2 Å². The van der Waals surface area contributed by atoms with Gasteiger partial charge in [-0.25, -0.2) is 0 Å². The molecule has 0 spiro atoms. The molecule has 0 saturated heterocycles. The highest BCUT2D eigenvalue weighted by atomic mass is 16.3. The van der Waals surface area contributed by atoms with Crippen molar-refractivity contribution in [1.82, 2.24) is 5.32 Å². The van der Waals surface area contributed by atoms with Crippen LogP contribution in [0.5, 0.6) is 5.75 Å². The molecule has 16 heavy (non-hydrogen) atoms. The summed E-state index contributed by atoms with van der Waals surface area (Å²) in [7, 11) is 0. The van der Waals surface area contributed by atoms with Crippen molar-refractivity contribution in [3.63, 3.8) is 0 Å². The van der Waals surface area contributed by atoms with Gasteiger partial charge in [0, 0.05) is 17.6 Å². The maximum absolute atomic E-state index is 9.92. The lowest BCUT2D eigenvalue weighted by atomic mass is 10.00. The van der Waals surface area contributed by atoms with Crippen molar-refractivity contribution in [1.29, 1.82) is 0 Å². The lowest BCUT2D eigenvalue weighted by Crippen LogP contribution is -2.38. The second-order valence-corrected chi connectivity index (χ2v) is 5.20. The van der Waals surface area contributed by atoms with Crippen molar-refractivity contribution in [3.05, 3.63) is 29.3 Å². The van der Waals surface area contributed by atoms with Gasteiger partial charge in [0.15, 0.2) is 0 Å². The average Bonchev–Trinajstić information content (AvgIpc) is 2.68. The predicted octanol–water partition coefficient (Wildman–Crippen LogP) is 3.12. The van der Waals surface area contributed by atoms with E-state index in [0.717, 1.165) is 17.7 Å². The zero-order valence-corrected chi connectivity index (χ0v) is 10.2. The van der Waals surface area contributed by atoms with Crippen molar-refractivity contribution >= 4 is 0 Å². The smallest absolute Gasteiger partial charge is 0.122 e. The fourth-order valence-electron chi connectivity index (χ4n) is 2.50. The Bertz CT molecular complexity index is 367. The third-order valence-corrected chi connectivity index (χ3v) is 3.73. The number of rotatable bonds is 3. The lowest BCUT2D eigenvalue weighted by Gasteiger charge is -2.25. The van der Waals surface area contributed by atoms with Crippen LogP contribution in [-0.2, 0) is 6.54 Å². The number of aryl methyl sites for hydroxylation is 1. The highest BCUT2D eigenvalue weighted by Gasteiger charge is 2.27. The summed E-state index contributed by atoms with van der Waals surface area (Å²) in [5, 5.41) is 13.5. The van der Waals surface area contributed by atoms with Crippen molar-refractivity contribution in [2.45, 2.75) is 51.6 Å². The molecule has 2 N–H and O–H groups in total. The second-order valence-electron chi connectivity index (χ2n) is 5.20. The summed E-state index contributed by atoms with van der Waals surface area (Å²) >= 11 is 0. The molecule has 1 saturated carbocycles. The minimum Gasteiger partial charge on any atom is -0.507 e. The monoisotopic (exact) mass is 219 g/mol. The van der Waals surface area contributed by atoms with E-state index < -0.39 is 0 Å². The van der Waals surface area contributed by atoms with Gasteiger partial charge in [0.2, 0.25) is 0 Å². The molecule has 1 aromatic rings. The minimum absolute atomic E-state index is 0.274. The largest absolute Gasteiger partial charge is 0.507 e. The maximum Gasteiger partial charge on any atom is 0.122 e. The first-order chi connectivity index (χ1) is 7.61. The first-order valence-corrected chi connectivity index (χ1v) is 6.13. The number of hydrogen-bond acceptors (Lipinski definition) is 2. The van der Waals surface area contributed by atoms with Gasteiger partial charge in [-0.15, -0.1) is 0 Å². The van der Waals surface area contributed by atoms with Gasteiger partial charge in [-0.2, -0.15) is 0 Å². The summed E-state index contributed by atoms with van der Waals surface area (Å²) in [6.45, 7) is 4.99. The van der Waals surface area contributed by atoms with E-state index in [2.05, 4.69) is 12.2 Å². The van der Waals surface area contributed by atoms with Crippen LogP contribution in [0.1, 0.15) is 43.7 Å². The van der Waals surface area contributed by atoms with Gasteiger partial charge < -0.3 is 10.4 Å². The van der Waals surface area contributed by atoms with Crippen LogP contribution in [0.25, 0.3) is 0 Å². The highest BCUT2D eigenvalue weighted by molar-refractivity contribution is 5.39. The summed E-state index contributed by atoms with van der Waals surface area (Å²) in [6, 6.07) is 5.94. The molecule has 0 heterocycles. The van der Waals surface area contributed by atoms with Gasteiger partial charge in [0.25, 0.3) is 0 Å². The van der Waals surface area contributed by atoms with Crippen LogP contribution in [0.3, 0.4) is 0 Å². The Kier molecular flexibility index (Phi) is 3.20. The Balaban J connectivity index is 2.02. The molecule has 1 fully saturated rings. The molecule has 88 valence electrons. The third kappa shape index (κ3) is 2.38. The minimum atomic E-state index is 0.274. The van der Waals surface area contributed by atoms with Gasteiger partial charge in [-0.05, 0) is 32.3 Å². The molecular formula is C14H21NO. The van der Waals surface area contributed by atoms with Crippen molar-refractivity contribution < 1.29 is 5.11 Å². The Hall–Kier alpha value is -1.02. The van der Waals surface area contributed by atoms with E-state index in [0.29, 0.717) is 5.75 Å². The molecule has 2 rings (SSSR count). The number of aromatic hydroxyl groups is 1. The van der Waals surface area contributed by atoms with Gasteiger partial charge in [0.1, 0.15) is 5.75 Å². The third-order valence-electron chi connectivity index (χ3n) is 3.73. The van der Waals surface area contributed by atoms with Crippen LogP contribution < -0.4 is 5.32 Å². The van der Waals surface area contributed by atoms with Crippen molar-refractivity contribution in [3.8, 4) is 5.75 Å². The molecule has 0 unspecified atom stereocenters. The fraction of sp³-hybridized carbons (Fsp3) is 0.571. The molecule has 1 aliphatic carbocycles. The van der Waals surface area contributed by atoms with Crippen LogP contribution in [0.2, 0.25) is 0 Å². The van der Waals surface area contributed by atoms with Crippen LogP contribution in [0.4, 0.5) is 0 Å². The summed E-state index contributed by atoms with van der Waals surface area (Å²) in [5.74, 6) is 0.441. The summed E-state index contributed by atoms with van der Waals surface area (Å²) in [5.41, 5.74) is 2.24. The van der Waals surface area contributed by atoms with E-state index in [-0.39, 0.29) is 5.54 Å². The molecule has 2 heteroatoms. The molecule has 0 atom stereocenters. The van der Waals surface area contributed by atoms with Crippen LogP contribution in [0, 0.1) is 6.92 Å². The quantitative estimate of drug-likeness (QED) is 0.818. The number of para-hydroxylation sites is 1. The van der Waals surface area contributed by atoms with Gasteiger partial charge in [-0.3, -0.25) is 0 Å². The van der Waals surface area contributed by atoms with E-state index in [1.807, 2.05) is 25.1 Å². The molecule has 0 amide bonds. The molecule has 1 aromatic carbocycles. The molecule has 2 nitrogen and oxygen atoms in total. The van der Waals surface area contributed by atoms with Crippen LogP contribution >= 0.6 is 0 Å². The van der Waals surface area contributed by atoms with E-state index in [9.17, 15) is 5.11 Å². The first kappa shape index (κ1) is 11.5. The zero-order chi connectivity index (χ0) is 11.6. The average molecular weight is 219 g/mol. The van der Waals surface area contributed by atoms with Crippen molar-refractivity contribution in [2.75, 3.05) is 0 Å². The number of phenols is 1. The van der Waals surface area contributed by atoms with E-state index in [1.54, 1.807) is 0 Å². The normalized spacial score (nSPS) is 18.9. The SMILES string of the molecule is Cc1cccc(CNC2(C)CCCC2)c1O. The summed E-state index contributed by atoms with van der Waals surface area (Å²) in [6.07, 6.45) is 5.14. The molecular weight excluding hydrogens is 198 g/mol. The zero-order valence-electron chi connectivity index (χ0n) is 10.2. The molecule has 0 bridgehead atoms. The van der Waals surface area contributed by atoms with Gasteiger partial charge in [-0.1, -0.05) is 31.0 Å². The highest BCUT2D eigenvalue weighted by Crippen LogP contribution is 2.30. The summed E-state index contributed by atoms with van der Waals surface area (Å²) in [4.78, 5) is 0. The molecule has 0 aromatic heterocycles. The van der Waals surface area contributed by atoms with Crippen molar-refractivity contribution in [2.24, 2.45) is 0 Å². The standard InChI is InChI=1S/C14H21NO/c1-11-6-5-7-12(13(11)16)10-15-14(2)8-3-4-9-14/h5-7,15-16H,3-4,8-10H2,1-2H3. The number of benzene rings is 1. The number of nitrogens with one attached hydrogen (secondary N) is 1. The van der Waals surface area contributed by atoms with E-state index in [1.165, 1.54) is 25.7 Å². The Labute approximate surface area is 97.7 Å². The Morgan fingerprint density at radius 1 is 1.31 bits per heavy atom. The lowest BCUT2D eigenvalue weighted by molar-refractivity contribution is 0.358. The molecule has 0 radical (unpaired) electrons. The fourth-order valence-corrected chi connectivity index (χ4v) is 2.50. The maximum atomic E-state index is 9.92. The Morgan fingerprint density at radius 2 is 2.00 bits per heavy atom. The number of phenolic OH excluding ortho intramolecular Hbond substituents is 1. The van der Waals surface area contributed by atoms with Crippen LogP contribution in [-0.4, -0.2) is 10.6 Å². The first-order valence-electron chi connectivity index (χ1n) is 6.13. The number of hydrogen-bond donors (Lipinski definition) is 2. The topological polar surface area (TPSA) is 32.3 Å². The van der Waals surface area contributed by atoms with Gasteiger partial charge in [0.05, 0.1) is 0 Å². The Morgan fingerprint density at radius 3 is 2.69 bits per heavy atom. The van der Waals surface area contributed by atoms with E-state index >= 15 is 0 Å². The predicted molar refractivity (Wildman–Crippen MR) is 66.6 cm³/mol. The second kappa shape index (κ2) is 4.46. The van der Waals surface area contributed by atoms with Gasteiger partial charge >= 0.3 is 0 Å². The summed E-state index contributed by atoms with van der Waals surface area (Å²) < 4.78 is 0. The molecule has 0 aliphatic heterocycles.